The van der Waals surface area contributed by atoms with Gasteiger partial charge in [-0.2, -0.15) is 4.31 Å². The molecule has 0 saturated carbocycles. The number of amides is 1. The summed E-state index contributed by atoms with van der Waals surface area (Å²) in [6, 6.07) is 4.32. The van der Waals surface area contributed by atoms with Crippen molar-refractivity contribution in [1.82, 2.24) is 19.5 Å². The number of likely N-dealkylation sites (N-methyl/N-ethyl adjacent to an activating group) is 1. The Labute approximate surface area is 162 Å². The number of nitrogens with one attached hydrogen (secondary N) is 1. The van der Waals surface area contributed by atoms with Gasteiger partial charge in [-0.05, 0) is 32.6 Å². The molecule has 8 nitrogen and oxygen atoms in total. The second-order valence-corrected chi connectivity index (χ2v) is 9.08. The van der Waals surface area contributed by atoms with Crippen LogP contribution in [0.15, 0.2) is 29.3 Å². The molecule has 0 aliphatic carbocycles. The number of carbonyl (C=O) groups is 1. The molecule has 27 heavy (non-hydrogen) atoms. The van der Waals surface area contributed by atoms with Crippen LogP contribution in [0.25, 0.3) is 10.8 Å². The largest absolute Gasteiger partial charge is 0.493 e. The molecule has 1 amide bonds. The molecule has 3 rings (SSSR count). The minimum Gasteiger partial charge on any atom is -0.493 e. The lowest BCUT2D eigenvalue weighted by molar-refractivity contribution is -0.122. The van der Waals surface area contributed by atoms with Crippen molar-refractivity contribution in [3.63, 3.8) is 0 Å². The molecular weight excluding hydrogens is 392 g/mol. The van der Waals surface area contributed by atoms with Crippen molar-refractivity contribution >= 4 is 38.3 Å². The molecule has 1 aromatic carbocycles. The van der Waals surface area contributed by atoms with Crippen LogP contribution in [0, 0.1) is 0 Å². The first-order chi connectivity index (χ1) is 12.7. The van der Waals surface area contributed by atoms with Gasteiger partial charge in [-0.15, -0.1) is 0 Å². The molecule has 2 aromatic rings. The predicted octanol–water partition coefficient (Wildman–Crippen LogP) is 1.03. The minimum absolute atomic E-state index is 0.0166. The van der Waals surface area contributed by atoms with E-state index in [1.165, 1.54) is 16.6 Å². The summed E-state index contributed by atoms with van der Waals surface area (Å²) in [4.78, 5) is 17.4. The SMILES string of the molecule is CN(C)CC(=O)N[C@@H]1CCN(S(=O)(=O)c2cccc3c(O)ncc(Cl)c23)C1. The van der Waals surface area contributed by atoms with Gasteiger partial charge in [0.05, 0.1) is 22.7 Å². The van der Waals surface area contributed by atoms with E-state index in [2.05, 4.69) is 10.3 Å². The summed E-state index contributed by atoms with van der Waals surface area (Å²) >= 11 is 6.17. The highest BCUT2D eigenvalue weighted by molar-refractivity contribution is 7.89. The molecule has 2 heterocycles. The van der Waals surface area contributed by atoms with E-state index < -0.39 is 10.0 Å². The van der Waals surface area contributed by atoms with Crippen LogP contribution >= 0.6 is 11.6 Å². The molecule has 10 heteroatoms. The van der Waals surface area contributed by atoms with E-state index in [0.717, 1.165) is 0 Å². The lowest BCUT2D eigenvalue weighted by atomic mass is 10.2. The second kappa shape index (κ2) is 7.59. The van der Waals surface area contributed by atoms with Crippen molar-refractivity contribution in [3.05, 3.63) is 29.4 Å². The highest BCUT2D eigenvalue weighted by Gasteiger charge is 2.34. The van der Waals surface area contributed by atoms with Gasteiger partial charge in [-0.1, -0.05) is 17.7 Å². The van der Waals surface area contributed by atoms with E-state index in [-0.39, 0.29) is 51.6 Å². The number of sulfonamides is 1. The number of hydrogen-bond donors (Lipinski definition) is 2. The Bertz CT molecular complexity index is 980. The number of aromatic nitrogens is 1. The Balaban J connectivity index is 1.87. The second-order valence-electron chi connectivity index (χ2n) is 6.76. The molecule has 1 fully saturated rings. The fourth-order valence-electron chi connectivity index (χ4n) is 3.19. The average Bonchev–Trinajstić information content (AvgIpc) is 3.06. The van der Waals surface area contributed by atoms with E-state index >= 15 is 0 Å². The van der Waals surface area contributed by atoms with Gasteiger partial charge < -0.3 is 15.3 Å². The molecule has 1 aromatic heterocycles. The quantitative estimate of drug-likeness (QED) is 0.760. The molecule has 1 aliphatic heterocycles. The maximum atomic E-state index is 13.2. The fourth-order valence-corrected chi connectivity index (χ4v) is 5.23. The van der Waals surface area contributed by atoms with Crippen LogP contribution in [0.3, 0.4) is 0 Å². The maximum absolute atomic E-state index is 13.2. The van der Waals surface area contributed by atoms with Crippen molar-refractivity contribution < 1.29 is 18.3 Å². The summed E-state index contributed by atoms with van der Waals surface area (Å²) in [6.45, 7) is 0.724. The third-order valence-electron chi connectivity index (χ3n) is 4.40. The molecule has 146 valence electrons. The predicted molar refractivity (Wildman–Crippen MR) is 102 cm³/mol. The van der Waals surface area contributed by atoms with E-state index in [0.29, 0.717) is 13.0 Å². The standard InChI is InChI=1S/C17H21ClN4O4S/c1-21(2)10-15(23)20-11-6-7-22(9-11)27(25,26)14-5-3-4-12-16(14)13(18)8-19-17(12)24/h3-5,8,11H,6-7,9-10H2,1-2H3,(H,19,24)(H,20,23)/t11-/m1/s1. The van der Waals surface area contributed by atoms with E-state index in [1.54, 1.807) is 31.1 Å². The van der Waals surface area contributed by atoms with Crippen molar-refractivity contribution in [2.45, 2.75) is 17.4 Å². The lowest BCUT2D eigenvalue weighted by Crippen LogP contribution is -2.42. The third kappa shape index (κ3) is 4.01. The molecule has 0 radical (unpaired) electrons. The number of fused-ring (bicyclic) bond motifs is 1. The number of hydrogen-bond acceptors (Lipinski definition) is 6. The summed E-state index contributed by atoms with van der Waals surface area (Å²) < 4.78 is 27.7. The number of rotatable bonds is 5. The van der Waals surface area contributed by atoms with Gasteiger partial charge in [0.1, 0.15) is 0 Å². The Morgan fingerprint density at radius 2 is 2.19 bits per heavy atom. The minimum atomic E-state index is -3.85. The topological polar surface area (TPSA) is 103 Å². The van der Waals surface area contributed by atoms with Gasteiger partial charge in [0.15, 0.2) is 0 Å². The van der Waals surface area contributed by atoms with Crippen molar-refractivity contribution in [1.29, 1.82) is 0 Å². The Hall–Kier alpha value is -1.94. The van der Waals surface area contributed by atoms with Gasteiger partial charge in [0.25, 0.3) is 0 Å². The summed E-state index contributed by atoms with van der Waals surface area (Å²) in [7, 11) is -0.266. The first kappa shape index (κ1) is 19.8. The van der Waals surface area contributed by atoms with Crippen LogP contribution in [0.1, 0.15) is 6.42 Å². The molecular formula is C17H21ClN4O4S. The molecule has 0 bridgehead atoms. The first-order valence-corrected chi connectivity index (χ1v) is 10.2. The van der Waals surface area contributed by atoms with Gasteiger partial charge in [0, 0.05) is 29.9 Å². The zero-order chi connectivity index (χ0) is 19.8. The average molecular weight is 413 g/mol. The summed E-state index contributed by atoms with van der Waals surface area (Å²) in [5, 5.41) is 13.5. The fraction of sp³-hybridized carbons (Fsp3) is 0.412. The van der Waals surface area contributed by atoms with Crippen LogP contribution in [0.5, 0.6) is 5.88 Å². The van der Waals surface area contributed by atoms with Crippen LogP contribution in [0.4, 0.5) is 0 Å². The van der Waals surface area contributed by atoms with Gasteiger partial charge in [0.2, 0.25) is 21.8 Å². The monoisotopic (exact) mass is 412 g/mol. The summed E-state index contributed by atoms with van der Waals surface area (Å²) in [6.07, 6.45) is 1.76. The van der Waals surface area contributed by atoms with E-state index in [4.69, 9.17) is 11.6 Å². The number of halogens is 1. The normalized spacial score (nSPS) is 18.3. The molecule has 1 saturated heterocycles. The first-order valence-electron chi connectivity index (χ1n) is 8.40. The summed E-state index contributed by atoms with van der Waals surface area (Å²) in [5.41, 5.74) is 0. The number of aromatic hydroxyl groups is 1. The third-order valence-corrected chi connectivity index (χ3v) is 6.59. The van der Waals surface area contributed by atoms with Gasteiger partial charge in [-0.3, -0.25) is 4.79 Å². The number of pyridine rings is 1. The Morgan fingerprint density at radius 1 is 1.44 bits per heavy atom. The van der Waals surface area contributed by atoms with Crippen molar-refractivity contribution in [2.24, 2.45) is 0 Å². The zero-order valence-corrected chi connectivity index (χ0v) is 16.6. The van der Waals surface area contributed by atoms with Gasteiger partial charge in [-0.25, -0.2) is 13.4 Å². The number of carbonyl (C=O) groups excluding carboxylic acids is 1. The van der Waals surface area contributed by atoms with E-state index in [1.807, 2.05) is 0 Å². The Kier molecular flexibility index (Phi) is 5.57. The van der Waals surface area contributed by atoms with Crippen LogP contribution < -0.4 is 5.32 Å². The van der Waals surface area contributed by atoms with Crippen LogP contribution in [-0.4, -0.2) is 73.4 Å². The zero-order valence-electron chi connectivity index (χ0n) is 15.0. The molecule has 0 spiro atoms. The van der Waals surface area contributed by atoms with Crippen molar-refractivity contribution in [3.8, 4) is 5.88 Å². The smallest absolute Gasteiger partial charge is 0.243 e. The van der Waals surface area contributed by atoms with E-state index in [9.17, 15) is 18.3 Å². The van der Waals surface area contributed by atoms with Crippen LogP contribution in [0.2, 0.25) is 5.02 Å². The van der Waals surface area contributed by atoms with Gasteiger partial charge >= 0.3 is 0 Å². The maximum Gasteiger partial charge on any atom is 0.243 e. The summed E-state index contributed by atoms with van der Waals surface area (Å²) in [5.74, 6) is -0.421. The number of nitrogens with zero attached hydrogens (tertiary/aromatic N) is 3. The lowest BCUT2D eigenvalue weighted by Gasteiger charge is -2.19. The van der Waals surface area contributed by atoms with Crippen LogP contribution in [-0.2, 0) is 14.8 Å². The Morgan fingerprint density at radius 3 is 2.89 bits per heavy atom. The highest BCUT2D eigenvalue weighted by Crippen LogP contribution is 2.35. The molecule has 0 unspecified atom stereocenters. The molecule has 2 N–H and O–H groups in total. The van der Waals surface area contributed by atoms with Crippen molar-refractivity contribution in [2.75, 3.05) is 33.7 Å². The number of benzene rings is 1. The molecule has 1 atom stereocenters. The highest BCUT2D eigenvalue weighted by atomic mass is 35.5. The molecule has 1 aliphatic rings.